The van der Waals surface area contributed by atoms with Crippen molar-refractivity contribution in [2.24, 2.45) is 11.3 Å². The van der Waals surface area contributed by atoms with Gasteiger partial charge in [-0.05, 0) is 46.0 Å². The van der Waals surface area contributed by atoms with Crippen molar-refractivity contribution < 1.29 is 19.0 Å². The van der Waals surface area contributed by atoms with Crippen molar-refractivity contribution in [1.82, 2.24) is 0 Å². The summed E-state index contributed by atoms with van der Waals surface area (Å²) in [7, 11) is 0. The number of epoxide rings is 2. The second kappa shape index (κ2) is 3.98. The Morgan fingerprint density at radius 2 is 2.05 bits per heavy atom. The average Bonchev–Trinajstić information content (AvgIpc) is 3.26. The van der Waals surface area contributed by atoms with Gasteiger partial charge < -0.3 is 14.2 Å². The first-order valence-corrected chi connectivity index (χ1v) is 7.96. The maximum Gasteiger partial charge on any atom is 0.312 e. The lowest BCUT2D eigenvalue weighted by atomic mass is 9.71. The highest BCUT2D eigenvalue weighted by molar-refractivity contribution is 5.77. The molecule has 0 N–H and O–H groups in total. The SMILES string of the molecule is CC1C(OC(=O)C2(C)CCC3OC3(C)C2)CCC2OC21. The first-order valence-electron chi connectivity index (χ1n) is 7.96. The number of rotatable bonds is 2. The standard InChI is InChI=1S/C16H24O4/c1-9-10(4-5-11-13(9)18-11)19-14(17)15(2)7-6-12-16(3,8-15)20-12/h9-13H,4-8H2,1-3H3. The van der Waals surface area contributed by atoms with E-state index in [-0.39, 0.29) is 23.1 Å². The Bertz CT molecular complexity index is 450. The van der Waals surface area contributed by atoms with Gasteiger partial charge in [0, 0.05) is 5.92 Å². The van der Waals surface area contributed by atoms with Crippen LogP contribution in [0.1, 0.15) is 52.9 Å². The van der Waals surface area contributed by atoms with E-state index in [1.165, 1.54) is 0 Å². The van der Waals surface area contributed by atoms with E-state index in [0.29, 0.717) is 24.2 Å². The summed E-state index contributed by atoms with van der Waals surface area (Å²) >= 11 is 0. The van der Waals surface area contributed by atoms with Gasteiger partial charge in [-0.1, -0.05) is 6.92 Å². The summed E-state index contributed by atoms with van der Waals surface area (Å²) in [5.74, 6) is 0.314. The molecule has 7 unspecified atom stereocenters. The van der Waals surface area contributed by atoms with Crippen LogP contribution in [0, 0.1) is 11.3 Å². The zero-order chi connectivity index (χ0) is 14.1. The monoisotopic (exact) mass is 280 g/mol. The number of esters is 1. The van der Waals surface area contributed by atoms with Crippen molar-refractivity contribution in [3.8, 4) is 0 Å². The summed E-state index contributed by atoms with van der Waals surface area (Å²) < 4.78 is 17.2. The number of fused-ring (bicyclic) bond motifs is 2. The van der Waals surface area contributed by atoms with Crippen molar-refractivity contribution in [1.29, 1.82) is 0 Å². The molecule has 0 spiro atoms. The highest BCUT2D eigenvalue weighted by Crippen LogP contribution is 2.54. The first kappa shape index (κ1) is 13.1. The predicted octanol–water partition coefficient (Wildman–Crippen LogP) is 2.44. The molecular weight excluding hydrogens is 256 g/mol. The quantitative estimate of drug-likeness (QED) is 0.576. The van der Waals surface area contributed by atoms with Gasteiger partial charge in [-0.2, -0.15) is 0 Å². The second-order valence-corrected chi connectivity index (χ2v) is 7.71. The van der Waals surface area contributed by atoms with Gasteiger partial charge in [0.05, 0.1) is 29.3 Å². The van der Waals surface area contributed by atoms with Crippen molar-refractivity contribution in [2.45, 2.75) is 82.9 Å². The lowest BCUT2D eigenvalue weighted by Gasteiger charge is -2.35. The maximum absolute atomic E-state index is 12.6. The van der Waals surface area contributed by atoms with Crippen molar-refractivity contribution >= 4 is 5.97 Å². The molecule has 0 bridgehead atoms. The number of hydrogen-bond acceptors (Lipinski definition) is 4. The normalized spacial score (nSPS) is 56.5. The molecule has 4 heteroatoms. The topological polar surface area (TPSA) is 51.4 Å². The Kier molecular flexibility index (Phi) is 2.60. The fourth-order valence-electron chi connectivity index (χ4n) is 4.40. The van der Waals surface area contributed by atoms with Crippen LogP contribution in [0.15, 0.2) is 0 Å². The molecule has 112 valence electrons. The third-order valence-corrected chi connectivity index (χ3v) is 5.95. The number of carbonyl (C=O) groups is 1. The van der Waals surface area contributed by atoms with Gasteiger partial charge in [0.2, 0.25) is 0 Å². The molecular formula is C16H24O4. The van der Waals surface area contributed by atoms with Crippen LogP contribution in [-0.4, -0.2) is 36.0 Å². The van der Waals surface area contributed by atoms with Gasteiger partial charge in [-0.25, -0.2) is 0 Å². The zero-order valence-electron chi connectivity index (χ0n) is 12.6. The molecule has 2 heterocycles. The molecule has 0 aromatic heterocycles. The van der Waals surface area contributed by atoms with Crippen molar-refractivity contribution in [3.63, 3.8) is 0 Å². The van der Waals surface area contributed by atoms with E-state index in [1.807, 2.05) is 6.92 Å². The molecule has 0 aromatic carbocycles. The molecule has 2 aliphatic carbocycles. The smallest absolute Gasteiger partial charge is 0.312 e. The minimum atomic E-state index is -0.372. The molecule has 2 saturated carbocycles. The van der Waals surface area contributed by atoms with Crippen LogP contribution in [0.5, 0.6) is 0 Å². The van der Waals surface area contributed by atoms with E-state index >= 15 is 0 Å². The van der Waals surface area contributed by atoms with E-state index in [2.05, 4.69) is 13.8 Å². The Labute approximate surface area is 120 Å². The summed E-state index contributed by atoms with van der Waals surface area (Å²) in [5.41, 5.74) is -0.447. The van der Waals surface area contributed by atoms with Gasteiger partial charge in [0.15, 0.2) is 0 Å². The predicted molar refractivity (Wildman–Crippen MR) is 72.2 cm³/mol. The minimum absolute atomic E-state index is 0.0244. The molecule has 0 radical (unpaired) electrons. The molecule has 0 aromatic rings. The molecule has 4 rings (SSSR count). The fourth-order valence-corrected chi connectivity index (χ4v) is 4.40. The van der Waals surface area contributed by atoms with Crippen molar-refractivity contribution in [3.05, 3.63) is 0 Å². The van der Waals surface area contributed by atoms with Gasteiger partial charge in [0.25, 0.3) is 0 Å². The lowest BCUT2D eigenvalue weighted by molar-refractivity contribution is -0.166. The van der Waals surface area contributed by atoms with Crippen LogP contribution >= 0.6 is 0 Å². The van der Waals surface area contributed by atoms with Crippen LogP contribution < -0.4 is 0 Å². The van der Waals surface area contributed by atoms with Gasteiger partial charge >= 0.3 is 5.97 Å². The molecule has 2 aliphatic heterocycles. The largest absolute Gasteiger partial charge is 0.462 e. The van der Waals surface area contributed by atoms with Crippen molar-refractivity contribution in [2.75, 3.05) is 0 Å². The number of ether oxygens (including phenoxy) is 3. The third kappa shape index (κ3) is 1.92. The summed E-state index contributed by atoms with van der Waals surface area (Å²) in [6.45, 7) is 6.31. The number of hydrogen-bond donors (Lipinski definition) is 0. The van der Waals surface area contributed by atoms with E-state index in [0.717, 1.165) is 32.1 Å². The summed E-state index contributed by atoms with van der Waals surface area (Å²) in [6, 6.07) is 0. The van der Waals surface area contributed by atoms with Gasteiger partial charge in [-0.3, -0.25) is 4.79 Å². The summed E-state index contributed by atoms with van der Waals surface area (Å²) in [4.78, 5) is 12.6. The van der Waals surface area contributed by atoms with E-state index in [1.54, 1.807) is 0 Å². The number of carbonyl (C=O) groups excluding carboxylic acids is 1. The second-order valence-electron chi connectivity index (χ2n) is 7.71. The Morgan fingerprint density at radius 3 is 2.80 bits per heavy atom. The Hall–Kier alpha value is -0.610. The van der Waals surface area contributed by atoms with Crippen LogP contribution in [0.2, 0.25) is 0 Å². The van der Waals surface area contributed by atoms with E-state index in [9.17, 15) is 4.79 Å². The molecule has 4 fully saturated rings. The van der Waals surface area contributed by atoms with E-state index in [4.69, 9.17) is 14.2 Å². The Balaban J connectivity index is 1.42. The molecule has 7 atom stereocenters. The lowest BCUT2D eigenvalue weighted by Crippen LogP contribution is -2.42. The molecule has 4 aliphatic rings. The van der Waals surface area contributed by atoms with Crippen LogP contribution in [0.25, 0.3) is 0 Å². The summed E-state index contributed by atoms with van der Waals surface area (Å²) in [6.07, 6.45) is 5.82. The highest BCUT2D eigenvalue weighted by Gasteiger charge is 2.61. The highest BCUT2D eigenvalue weighted by atomic mass is 16.6. The molecule has 2 saturated heterocycles. The zero-order valence-corrected chi connectivity index (χ0v) is 12.6. The minimum Gasteiger partial charge on any atom is -0.462 e. The molecule has 0 amide bonds. The van der Waals surface area contributed by atoms with Gasteiger partial charge in [0.1, 0.15) is 6.10 Å². The first-order chi connectivity index (χ1) is 9.41. The average molecular weight is 280 g/mol. The maximum atomic E-state index is 12.6. The molecule has 20 heavy (non-hydrogen) atoms. The van der Waals surface area contributed by atoms with Gasteiger partial charge in [-0.15, -0.1) is 0 Å². The fraction of sp³-hybridized carbons (Fsp3) is 0.938. The Morgan fingerprint density at radius 1 is 1.25 bits per heavy atom. The van der Waals surface area contributed by atoms with Crippen LogP contribution in [0.4, 0.5) is 0 Å². The van der Waals surface area contributed by atoms with Crippen LogP contribution in [-0.2, 0) is 19.0 Å². The third-order valence-electron chi connectivity index (χ3n) is 5.95. The summed E-state index contributed by atoms with van der Waals surface area (Å²) in [5, 5.41) is 0. The van der Waals surface area contributed by atoms with E-state index < -0.39 is 0 Å². The molecule has 4 nitrogen and oxygen atoms in total. The van der Waals surface area contributed by atoms with Crippen LogP contribution in [0.3, 0.4) is 0 Å².